The van der Waals surface area contributed by atoms with Gasteiger partial charge in [-0.1, -0.05) is 0 Å². The molecule has 1 fully saturated rings. The van der Waals surface area contributed by atoms with Crippen LogP contribution in [-0.4, -0.2) is 29.7 Å². The van der Waals surface area contributed by atoms with E-state index < -0.39 is 10.7 Å². The third kappa shape index (κ3) is 2.36. The molecule has 5 nitrogen and oxygen atoms in total. The quantitative estimate of drug-likeness (QED) is 0.643. The normalized spacial score (nSPS) is 19.6. The summed E-state index contributed by atoms with van der Waals surface area (Å²) in [4.78, 5) is 11.7. The molecule has 0 saturated carbocycles. The zero-order valence-corrected chi connectivity index (χ0v) is 9.17. The van der Waals surface area contributed by atoms with Gasteiger partial charge in [0.2, 0.25) is 0 Å². The fraction of sp³-hybridized carbons (Fsp3) is 0.455. The molecule has 0 amide bonds. The number of aliphatic hydroxyl groups excluding tert-OH is 1. The minimum atomic E-state index is -0.618. The van der Waals surface area contributed by atoms with Crippen molar-refractivity contribution < 1.29 is 14.4 Å². The Kier molecular flexibility index (Phi) is 3.23. The Morgan fingerprint density at radius 3 is 2.88 bits per heavy atom. The lowest BCUT2D eigenvalue weighted by atomic mass is 10.1. The lowest BCUT2D eigenvalue weighted by Crippen LogP contribution is -2.21. The van der Waals surface area contributed by atoms with E-state index in [9.17, 15) is 14.5 Å². The van der Waals surface area contributed by atoms with Gasteiger partial charge in [-0.05, 0) is 12.5 Å². The molecule has 0 aromatic heterocycles. The van der Waals surface area contributed by atoms with Crippen LogP contribution in [0.3, 0.4) is 0 Å². The molecule has 0 radical (unpaired) electrons. The number of nitrogens with zero attached hydrogens (tertiary/aromatic N) is 2. The lowest BCUT2D eigenvalue weighted by Gasteiger charge is -2.18. The molecule has 6 heteroatoms. The monoisotopic (exact) mass is 240 g/mol. The number of aliphatic hydroxyl groups is 1. The summed E-state index contributed by atoms with van der Waals surface area (Å²) in [5.41, 5.74) is 0.121. The number of rotatable bonds is 3. The highest BCUT2D eigenvalue weighted by Gasteiger charge is 2.24. The maximum atomic E-state index is 13.7. The van der Waals surface area contributed by atoms with Crippen molar-refractivity contribution in [2.24, 2.45) is 5.92 Å². The summed E-state index contributed by atoms with van der Waals surface area (Å²) in [6, 6.07) is 3.65. The Morgan fingerprint density at radius 2 is 2.35 bits per heavy atom. The number of anilines is 1. The number of halogens is 1. The predicted octanol–water partition coefficient (Wildman–Crippen LogP) is 1.55. The molecule has 0 aliphatic carbocycles. The van der Waals surface area contributed by atoms with Crippen molar-refractivity contribution in [2.45, 2.75) is 6.42 Å². The molecule has 1 aliphatic rings. The molecule has 1 N–H and O–H groups in total. The van der Waals surface area contributed by atoms with Crippen molar-refractivity contribution >= 4 is 11.4 Å². The van der Waals surface area contributed by atoms with Crippen LogP contribution in [0.15, 0.2) is 18.2 Å². The highest BCUT2D eigenvalue weighted by Crippen LogP contribution is 2.28. The molecule has 0 spiro atoms. The third-order valence-corrected chi connectivity index (χ3v) is 3.03. The van der Waals surface area contributed by atoms with Gasteiger partial charge in [-0.2, -0.15) is 0 Å². The first-order chi connectivity index (χ1) is 8.11. The van der Waals surface area contributed by atoms with Gasteiger partial charge in [0, 0.05) is 31.7 Å². The average molecular weight is 240 g/mol. The SMILES string of the molecule is O=[N+]([O-])c1ccc(N2CCC(CO)C2)c(F)c1. The van der Waals surface area contributed by atoms with Crippen molar-refractivity contribution in [1.29, 1.82) is 0 Å². The van der Waals surface area contributed by atoms with Crippen molar-refractivity contribution in [2.75, 3.05) is 24.6 Å². The zero-order chi connectivity index (χ0) is 12.4. The van der Waals surface area contributed by atoms with Gasteiger partial charge >= 0.3 is 0 Å². The number of non-ortho nitro benzene ring substituents is 1. The van der Waals surface area contributed by atoms with Crippen LogP contribution < -0.4 is 4.90 Å². The second-order valence-electron chi connectivity index (χ2n) is 4.18. The highest BCUT2D eigenvalue weighted by molar-refractivity contribution is 5.53. The summed E-state index contributed by atoms with van der Waals surface area (Å²) in [6.07, 6.45) is 0.812. The summed E-state index contributed by atoms with van der Waals surface area (Å²) in [6.45, 7) is 1.34. The molecule has 1 heterocycles. The summed E-state index contributed by atoms with van der Waals surface area (Å²) in [7, 11) is 0. The van der Waals surface area contributed by atoms with E-state index in [2.05, 4.69) is 0 Å². The van der Waals surface area contributed by atoms with Crippen molar-refractivity contribution in [1.82, 2.24) is 0 Å². The lowest BCUT2D eigenvalue weighted by molar-refractivity contribution is -0.385. The minimum Gasteiger partial charge on any atom is -0.396 e. The number of nitro benzene ring substituents is 1. The van der Waals surface area contributed by atoms with E-state index in [1.165, 1.54) is 12.1 Å². The van der Waals surface area contributed by atoms with Crippen LogP contribution in [-0.2, 0) is 0 Å². The summed E-state index contributed by atoms with van der Waals surface area (Å²) < 4.78 is 13.7. The first-order valence-corrected chi connectivity index (χ1v) is 5.41. The molecule has 17 heavy (non-hydrogen) atoms. The van der Waals surface area contributed by atoms with Crippen LogP contribution >= 0.6 is 0 Å². The van der Waals surface area contributed by atoms with E-state index in [-0.39, 0.29) is 18.2 Å². The molecule has 1 unspecified atom stereocenters. The van der Waals surface area contributed by atoms with E-state index in [4.69, 9.17) is 5.11 Å². The summed E-state index contributed by atoms with van der Waals surface area (Å²) >= 11 is 0. The first-order valence-electron chi connectivity index (χ1n) is 5.41. The first kappa shape index (κ1) is 11.8. The predicted molar refractivity (Wildman–Crippen MR) is 60.5 cm³/mol. The van der Waals surface area contributed by atoms with Gasteiger partial charge in [0.15, 0.2) is 5.82 Å². The van der Waals surface area contributed by atoms with Crippen molar-refractivity contribution in [3.05, 3.63) is 34.1 Å². The van der Waals surface area contributed by atoms with Crippen LogP contribution in [0.5, 0.6) is 0 Å². The fourth-order valence-electron chi connectivity index (χ4n) is 2.07. The van der Waals surface area contributed by atoms with Crippen LogP contribution in [0.2, 0.25) is 0 Å². The van der Waals surface area contributed by atoms with Crippen molar-refractivity contribution in [3.63, 3.8) is 0 Å². The summed E-state index contributed by atoms with van der Waals surface area (Å²) in [5, 5.41) is 19.5. The van der Waals surface area contributed by atoms with Gasteiger partial charge in [0.1, 0.15) is 0 Å². The second kappa shape index (κ2) is 4.67. The maximum absolute atomic E-state index is 13.7. The third-order valence-electron chi connectivity index (χ3n) is 3.03. The minimum absolute atomic E-state index is 0.0884. The fourth-order valence-corrected chi connectivity index (χ4v) is 2.07. The highest BCUT2D eigenvalue weighted by atomic mass is 19.1. The van der Waals surface area contributed by atoms with Crippen LogP contribution in [0.25, 0.3) is 0 Å². The van der Waals surface area contributed by atoms with Gasteiger partial charge in [-0.15, -0.1) is 0 Å². The Bertz CT molecular complexity index is 439. The average Bonchev–Trinajstić information content (AvgIpc) is 2.77. The number of hydrogen-bond donors (Lipinski definition) is 1. The molecule has 2 rings (SSSR count). The van der Waals surface area contributed by atoms with Gasteiger partial charge in [0.05, 0.1) is 16.7 Å². The van der Waals surface area contributed by atoms with Gasteiger partial charge in [0.25, 0.3) is 5.69 Å². The molecule has 1 atom stereocenters. The van der Waals surface area contributed by atoms with E-state index in [0.717, 1.165) is 12.5 Å². The number of hydrogen-bond acceptors (Lipinski definition) is 4. The Hall–Kier alpha value is -1.69. The largest absolute Gasteiger partial charge is 0.396 e. The zero-order valence-electron chi connectivity index (χ0n) is 9.17. The maximum Gasteiger partial charge on any atom is 0.272 e. The molecule has 1 aromatic carbocycles. The van der Waals surface area contributed by atoms with Crippen LogP contribution in [0.4, 0.5) is 15.8 Å². The van der Waals surface area contributed by atoms with Gasteiger partial charge < -0.3 is 10.0 Å². The molecule has 1 aromatic rings. The van der Waals surface area contributed by atoms with Crippen molar-refractivity contribution in [3.8, 4) is 0 Å². The van der Waals surface area contributed by atoms with Crippen LogP contribution in [0.1, 0.15) is 6.42 Å². The van der Waals surface area contributed by atoms with E-state index >= 15 is 0 Å². The summed E-state index contributed by atoms with van der Waals surface area (Å²) in [5.74, 6) is -0.428. The Morgan fingerprint density at radius 1 is 1.59 bits per heavy atom. The molecular formula is C11H13FN2O3. The standard InChI is InChI=1S/C11H13FN2O3/c12-10-5-9(14(16)17)1-2-11(10)13-4-3-8(6-13)7-15/h1-2,5,8,15H,3-4,6-7H2. The van der Waals surface area contributed by atoms with E-state index in [1.807, 2.05) is 0 Å². The van der Waals surface area contributed by atoms with E-state index in [1.54, 1.807) is 4.90 Å². The van der Waals surface area contributed by atoms with Gasteiger partial charge in [-0.25, -0.2) is 4.39 Å². The molecule has 1 saturated heterocycles. The molecule has 0 bridgehead atoms. The number of benzene rings is 1. The Balaban J connectivity index is 2.20. The molecule has 1 aliphatic heterocycles. The topological polar surface area (TPSA) is 66.6 Å². The van der Waals surface area contributed by atoms with E-state index in [0.29, 0.717) is 18.8 Å². The number of nitro groups is 1. The smallest absolute Gasteiger partial charge is 0.272 e. The molecular weight excluding hydrogens is 227 g/mol. The molecule has 92 valence electrons. The second-order valence-corrected chi connectivity index (χ2v) is 4.18. The van der Waals surface area contributed by atoms with Gasteiger partial charge in [-0.3, -0.25) is 10.1 Å². The van der Waals surface area contributed by atoms with Crippen LogP contribution in [0, 0.1) is 21.8 Å². The Labute approximate surface area is 97.6 Å².